The van der Waals surface area contributed by atoms with Gasteiger partial charge in [0.2, 0.25) is 23.6 Å². The second kappa shape index (κ2) is 15.7. The van der Waals surface area contributed by atoms with Crippen LogP contribution >= 0.6 is 0 Å². The lowest BCUT2D eigenvalue weighted by molar-refractivity contribution is -0.146. The molecule has 4 rings (SSSR count). The fourth-order valence-electron chi connectivity index (χ4n) is 6.04. The molecular formula is C32H40N6O7. The predicted octanol–water partition coefficient (Wildman–Crippen LogP) is 0.613. The number of rotatable bonds is 14. The van der Waals surface area contributed by atoms with Gasteiger partial charge in [0.15, 0.2) is 0 Å². The van der Waals surface area contributed by atoms with Crippen molar-refractivity contribution >= 4 is 35.6 Å². The van der Waals surface area contributed by atoms with Crippen LogP contribution in [0.4, 0.5) is 4.79 Å². The van der Waals surface area contributed by atoms with Crippen LogP contribution in [0.3, 0.4) is 0 Å². The van der Waals surface area contributed by atoms with Gasteiger partial charge in [0.25, 0.3) is 0 Å². The smallest absolute Gasteiger partial charge is 0.312 e. The van der Waals surface area contributed by atoms with Crippen molar-refractivity contribution in [1.82, 2.24) is 26.2 Å². The fourth-order valence-corrected chi connectivity index (χ4v) is 6.04. The van der Waals surface area contributed by atoms with Crippen LogP contribution in [0, 0.1) is 0 Å². The van der Waals surface area contributed by atoms with Crippen molar-refractivity contribution in [2.24, 2.45) is 5.73 Å². The Bertz CT molecular complexity index is 1370. The van der Waals surface area contributed by atoms with E-state index in [4.69, 9.17) is 5.73 Å². The minimum Gasteiger partial charge on any atom is -0.481 e. The van der Waals surface area contributed by atoms with E-state index in [1.54, 1.807) is 0 Å². The SMILES string of the molecule is NC(=O)NCC[C@H](NC(=O)C1CC[C@@H]2CCC(NC(=O)Cc3ccccc3)C(=O)N12)C(=O)N[C@H](CC(=O)O)Cc1ccccc1. The number of aliphatic carboxylic acids is 1. The molecule has 0 radical (unpaired) electrons. The Labute approximate surface area is 261 Å². The zero-order valence-corrected chi connectivity index (χ0v) is 24.9. The maximum Gasteiger partial charge on any atom is 0.312 e. The molecular weight excluding hydrogens is 580 g/mol. The highest BCUT2D eigenvalue weighted by Gasteiger charge is 2.46. The number of fused-ring (bicyclic) bond motifs is 1. The topological polar surface area (TPSA) is 200 Å². The summed E-state index contributed by atoms with van der Waals surface area (Å²) >= 11 is 0. The van der Waals surface area contributed by atoms with E-state index < -0.39 is 48.0 Å². The first-order valence-electron chi connectivity index (χ1n) is 15.2. The van der Waals surface area contributed by atoms with Crippen molar-refractivity contribution in [2.45, 2.75) is 81.6 Å². The third kappa shape index (κ3) is 9.52. The maximum atomic E-state index is 13.6. The van der Waals surface area contributed by atoms with E-state index in [1.807, 2.05) is 60.7 Å². The van der Waals surface area contributed by atoms with E-state index in [2.05, 4.69) is 21.3 Å². The van der Waals surface area contributed by atoms with Gasteiger partial charge >= 0.3 is 12.0 Å². The van der Waals surface area contributed by atoms with Crippen LogP contribution in [0.1, 0.15) is 49.7 Å². The standard InChI is InChI=1S/C32H40N6O7/c33-32(45)34-16-15-24(29(42)35-22(19-28(40)41)17-20-7-3-1-4-8-20)37-30(43)26-14-12-23-11-13-25(31(44)38(23)26)36-27(39)18-21-9-5-2-6-10-21/h1-10,22-26H,11-19H2,(H,35,42)(H,36,39)(H,37,43)(H,40,41)(H3,33,34,45)/t22-,23-,24-,25?,26?/m0/s1. The molecule has 45 heavy (non-hydrogen) atoms. The summed E-state index contributed by atoms with van der Waals surface area (Å²) < 4.78 is 0. The number of piperidine rings is 1. The van der Waals surface area contributed by atoms with Gasteiger partial charge in [-0.1, -0.05) is 60.7 Å². The van der Waals surface area contributed by atoms with Gasteiger partial charge in [-0.05, 0) is 49.7 Å². The summed E-state index contributed by atoms with van der Waals surface area (Å²) in [4.78, 5) is 77.6. The number of carbonyl (C=O) groups is 6. The number of hydrogen-bond acceptors (Lipinski definition) is 6. The fraction of sp³-hybridized carbons (Fsp3) is 0.438. The third-order valence-corrected chi connectivity index (χ3v) is 8.15. The molecule has 2 saturated heterocycles. The average Bonchev–Trinajstić information content (AvgIpc) is 3.44. The van der Waals surface area contributed by atoms with Crippen LogP contribution in [0.25, 0.3) is 0 Å². The number of nitrogens with one attached hydrogen (secondary N) is 4. The zero-order chi connectivity index (χ0) is 32.3. The zero-order valence-electron chi connectivity index (χ0n) is 24.9. The van der Waals surface area contributed by atoms with Crippen molar-refractivity contribution in [1.29, 1.82) is 0 Å². The first-order valence-corrected chi connectivity index (χ1v) is 15.2. The van der Waals surface area contributed by atoms with Crippen molar-refractivity contribution in [3.63, 3.8) is 0 Å². The molecule has 2 unspecified atom stereocenters. The van der Waals surface area contributed by atoms with E-state index in [1.165, 1.54) is 4.90 Å². The van der Waals surface area contributed by atoms with E-state index >= 15 is 0 Å². The van der Waals surface area contributed by atoms with Crippen molar-refractivity contribution in [3.8, 4) is 0 Å². The number of benzene rings is 2. The lowest BCUT2D eigenvalue weighted by Gasteiger charge is -2.38. The van der Waals surface area contributed by atoms with Gasteiger partial charge in [-0.3, -0.25) is 24.0 Å². The second-order valence-corrected chi connectivity index (χ2v) is 11.5. The highest BCUT2D eigenvalue weighted by atomic mass is 16.4. The molecule has 2 aliphatic heterocycles. The van der Waals surface area contributed by atoms with E-state index in [9.17, 15) is 33.9 Å². The summed E-state index contributed by atoms with van der Waals surface area (Å²) in [5.74, 6) is -2.89. The Kier molecular flexibility index (Phi) is 11.5. The maximum absolute atomic E-state index is 13.6. The molecule has 2 aromatic carbocycles. The number of nitrogens with zero attached hydrogens (tertiary/aromatic N) is 1. The first-order chi connectivity index (χ1) is 21.6. The van der Waals surface area contributed by atoms with Crippen LogP contribution in [0.5, 0.6) is 0 Å². The number of amides is 6. The van der Waals surface area contributed by atoms with E-state index in [0.29, 0.717) is 25.7 Å². The van der Waals surface area contributed by atoms with Crippen LogP contribution < -0.4 is 27.0 Å². The summed E-state index contributed by atoms with van der Waals surface area (Å²) in [7, 11) is 0. The summed E-state index contributed by atoms with van der Waals surface area (Å²) in [6, 6.07) is 13.8. The summed E-state index contributed by atoms with van der Waals surface area (Å²) in [6.07, 6.45) is 2.09. The molecule has 2 aromatic rings. The molecule has 0 bridgehead atoms. The van der Waals surface area contributed by atoms with Gasteiger partial charge in [0, 0.05) is 18.6 Å². The van der Waals surface area contributed by atoms with Crippen molar-refractivity contribution in [2.75, 3.05) is 6.54 Å². The van der Waals surface area contributed by atoms with Crippen molar-refractivity contribution in [3.05, 3.63) is 71.8 Å². The van der Waals surface area contributed by atoms with Crippen molar-refractivity contribution < 1.29 is 33.9 Å². The van der Waals surface area contributed by atoms with E-state index in [-0.39, 0.29) is 50.1 Å². The molecule has 2 heterocycles. The minimum atomic E-state index is -1.14. The Hall–Kier alpha value is -4.94. The molecule has 0 aliphatic carbocycles. The number of carbonyl (C=O) groups excluding carboxylic acids is 5. The van der Waals surface area contributed by atoms with Gasteiger partial charge in [-0.25, -0.2) is 4.79 Å². The first kappa shape index (κ1) is 33.0. The molecule has 6 amide bonds. The molecule has 7 N–H and O–H groups in total. The average molecular weight is 621 g/mol. The largest absolute Gasteiger partial charge is 0.481 e. The molecule has 13 heteroatoms. The highest BCUT2D eigenvalue weighted by Crippen LogP contribution is 2.33. The summed E-state index contributed by atoms with van der Waals surface area (Å²) in [5, 5.41) is 20.1. The Morgan fingerprint density at radius 1 is 0.889 bits per heavy atom. The Morgan fingerprint density at radius 2 is 1.53 bits per heavy atom. The normalized spacial score (nSPS) is 20.3. The monoisotopic (exact) mass is 620 g/mol. The number of hydrogen-bond donors (Lipinski definition) is 6. The number of urea groups is 1. The molecule has 2 aliphatic rings. The van der Waals surface area contributed by atoms with Crippen LogP contribution in [-0.4, -0.2) is 82.4 Å². The number of carboxylic acids is 1. The number of nitrogens with two attached hydrogens (primary N) is 1. The highest BCUT2D eigenvalue weighted by molar-refractivity contribution is 5.95. The van der Waals surface area contributed by atoms with Gasteiger partial charge < -0.3 is 37.0 Å². The predicted molar refractivity (Wildman–Crippen MR) is 163 cm³/mol. The number of primary amides is 1. The Morgan fingerprint density at radius 3 is 2.18 bits per heavy atom. The third-order valence-electron chi connectivity index (χ3n) is 8.15. The van der Waals surface area contributed by atoms with Crippen LogP contribution in [-0.2, 0) is 36.8 Å². The van der Waals surface area contributed by atoms with E-state index in [0.717, 1.165) is 11.1 Å². The van der Waals surface area contributed by atoms with Crippen LogP contribution in [0.2, 0.25) is 0 Å². The van der Waals surface area contributed by atoms with Gasteiger partial charge in [0.05, 0.1) is 12.8 Å². The molecule has 0 saturated carbocycles. The number of carboxylic acid groups (broad SMARTS) is 1. The van der Waals surface area contributed by atoms with Gasteiger partial charge in [0.1, 0.15) is 18.1 Å². The Balaban J connectivity index is 1.42. The summed E-state index contributed by atoms with van der Waals surface area (Å²) in [5.41, 5.74) is 6.82. The molecule has 0 aromatic heterocycles. The van der Waals surface area contributed by atoms with Crippen LogP contribution in [0.15, 0.2) is 60.7 Å². The minimum absolute atomic E-state index is 0.0199. The molecule has 0 spiro atoms. The second-order valence-electron chi connectivity index (χ2n) is 11.5. The molecule has 2 fully saturated rings. The molecule has 240 valence electrons. The molecule has 5 atom stereocenters. The van der Waals surface area contributed by atoms with Gasteiger partial charge in [-0.2, -0.15) is 0 Å². The lowest BCUT2D eigenvalue weighted by Crippen LogP contribution is -2.60. The van der Waals surface area contributed by atoms with Gasteiger partial charge in [-0.15, -0.1) is 0 Å². The molecule has 13 nitrogen and oxygen atoms in total. The quantitative estimate of drug-likeness (QED) is 0.178. The summed E-state index contributed by atoms with van der Waals surface area (Å²) in [6.45, 7) is -0.0264. The lowest BCUT2D eigenvalue weighted by atomic mass is 9.97.